The van der Waals surface area contributed by atoms with Gasteiger partial charge in [0.15, 0.2) is 5.78 Å². The Bertz CT molecular complexity index is 1280. The van der Waals surface area contributed by atoms with Crippen molar-refractivity contribution in [3.63, 3.8) is 0 Å². The Balaban J connectivity index is 1.28. The molecule has 2 aliphatic rings. The molecule has 3 aromatic rings. The molecule has 8 heteroatoms. The van der Waals surface area contributed by atoms with Crippen molar-refractivity contribution in [1.29, 1.82) is 0 Å². The van der Waals surface area contributed by atoms with E-state index in [1.165, 1.54) is 12.5 Å². The van der Waals surface area contributed by atoms with E-state index in [4.69, 9.17) is 13.9 Å². The highest BCUT2D eigenvalue weighted by atomic mass is 16.5. The summed E-state index contributed by atoms with van der Waals surface area (Å²) in [4.78, 5) is 37.6. The monoisotopic (exact) mass is 487 g/mol. The number of rotatable bonds is 10. The van der Waals surface area contributed by atoms with Crippen LogP contribution < -0.4 is 4.74 Å². The Morgan fingerprint density at radius 3 is 2.81 bits per heavy atom. The summed E-state index contributed by atoms with van der Waals surface area (Å²) >= 11 is 0. The van der Waals surface area contributed by atoms with Crippen LogP contribution in [0.1, 0.15) is 47.0 Å². The number of carbonyl (C=O) groups is 3. The van der Waals surface area contributed by atoms with Gasteiger partial charge >= 0.3 is 0 Å². The fourth-order valence-electron chi connectivity index (χ4n) is 5.30. The number of hydrogen-bond donors (Lipinski definition) is 0. The fraction of sp³-hybridized carbons (Fsp3) is 0.393. The number of furan rings is 1. The third-order valence-corrected chi connectivity index (χ3v) is 7.22. The van der Waals surface area contributed by atoms with Gasteiger partial charge in [-0.05, 0) is 50.0 Å². The minimum Gasteiger partial charge on any atom is -0.485 e. The normalized spacial score (nSPS) is 16.3. The first-order valence-corrected chi connectivity index (χ1v) is 12.6. The molecule has 36 heavy (non-hydrogen) atoms. The SMILES string of the molecule is CC(=O)C(CCC=O)N1Cc2c(OCc3cc4cc(CB5CCOCC5)ccc4o3)cccc2C1=O. The lowest BCUT2D eigenvalue weighted by molar-refractivity contribution is -0.121. The van der Waals surface area contributed by atoms with E-state index in [0.29, 0.717) is 30.2 Å². The molecule has 5 rings (SSSR count). The highest BCUT2D eigenvalue weighted by molar-refractivity contribution is 6.58. The topological polar surface area (TPSA) is 86.1 Å². The van der Waals surface area contributed by atoms with Gasteiger partial charge in [0, 0.05) is 36.1 Å². The predicted molar refractivity (Wildman–Crippen MR) is 137 cm³/mol. The Morgan fingerprint density at radius 2 is 2.03 bits per heavy atom. The first-order valence-electron chi connectivity index (χ1n) is 12.6. The van der Waals surface area contributed by atoms with Crippen LogP contribution >= 0.6 is 0 Å². The van der Waals surface area contributed by atoms with Gasteiger partial charge in [-0.2, -0.15) is 0 Å². The van der Waals surface area contributed by atoms with Gasteiger partial charge < -0.3 is 23.6 Å². The zero-order valence-corrected chi connectivity index (χ0v) is 20.5. The third-order valence-electron chi connectivity index (χ3n) is 7.22. The number of hydrogen-bond acceptors (Lipinski definition) is 6. The summed E-state index contributed by atoms with van der Waals surface area (Å²) in [6.45, 7) is 4.33. The average molecular weight is 487 g/mol. The molecular formula is C28H30BNO6. The molecule has 1 unspecified atom stereocenters. The van der Waals surface area contributed by atoms with Crippen LogP contribution in [0.4, 0.5) is 0 Å². The van der Waals surface area contributed by atoms with Crippen molar-refractivity contribution in [2.45, 2.75) is 57.9 Å². The number of Topliss-reactive ketones (excluding diaryl/α,β-unsaturated/α-hetero) is 1. The summed E-state index contributed by atoms with van der Waals surface area (Å²) in [5.74, 6) is 0.975. The molecule has 1 saturated heterocycles. The van der Waals surface area contributed by atoms with Crippen molar-refractivity contribution in [3.05, 3.63) is 64.9 Å². The molecule has 7 nitrogen and oxygen atoms in total. The average Bonchev–Trinajstić information content (AvgIpc) is 3.44. The molecule has 1 atom stereocenters. The number of amides is 1. The maximum atomic E-state index is 13.0. The predicted octanol–water partition coefficient (Wildman–Crippen LogP) is 4.51. The third kappa shape index (κ3) is 5.09. The van der Waals surface area contributed by atoms with Crippen LogP contribution in [0.15, 0.2) is 46.9 Å². The summed E-state index contributed by atoms with van der Waals surface area (Å²) in [6, 6.07) is 13.1. The Morgan fingerprint density at radius 1 is 1.19 bits per heavy atom. The smallest absolute Gasteiger partial charge is 0.255 e. The van der Waals surface area contributed by atoms with E-state index in [0.717, 1.165) is 55.0 Å². The summed E-state index contributed by atoms with van der Waals surface area (Å²) in [5, 5.41) is 1.05. The van der Waals surface area contributed by atoms with E-state index in [2.05, 4.69) is 12.1 Å². The highest BCUT2D eigenvalue weighted by Gasteiger charge is 2.36. The molecule has 0 aliphatic carbocycles. The van der Waals surface area contributed by atoms with Crippen molar-refractivity contribution in [1.82, 2.24) is 4.90 Å². The van der Waals surface area contributed by atoms with E-state index in [1.54, 1.807) is 17.0 Å². The van der Waals surface area contributed by atoms with Crippen LogP contribution in [-0.2, 0) is 33.8 Å². The number of fused-ring (bicyclic) bond motifs is 2. The number of carbonyl (C=O) groups excluding carboxylic acids is 3. The molecule has 1 amide bonds. The lowest BCUT2D eigenvalue weighted by atomic mass is 9.41. The zero-order valence-electron chi connectivity index (χ0n) is 20.5. The Labute approximate surface area is 210 Å². The molecule has 2 aliphatic heterocycles. The molecule has 1 aromatic heterocycles. The highest BCUT2D eigenvalue weighted by Crippen LogP contribution is 2.34. The van der Waals surface area contributed by atoms with Crippen LogP contribution in [0.5, 0.6) is 5.75 Å². The van der Waals surface area contributed by atoms with E-state index < -0.39 is 6.04 Å². The molecular weight excluding hydrogens is 457 g/mol. The molecule has 0 radical (unpaired) electrons. The molecule has 2 aromatic carbocycles. The van der Waals surface area contributed by atoms with E-state index in [9.17, 15) is 14.4 Å². The second-order valence-corrected chi connectivity index (χ2v) is 9.72. The van der Waals surface area contributed by atoms with Crippen LogP contribution in [0.2, 0.25) is 12.6 Å². The second-order valence-electron chi connectivity index (χ2n) is 9.72. The van der Waals surface area contributed by atoms with Gasteiger partial charge in [-0.3, -0.25) is 9.59 Å². The zero-order chi connectivity index (χ0) is 25.1. The number of ether oxygens (including phenoxy) is 2. The minimum atomic E-state index is -0.617. The van der Waals surface area contributed by atoms with Gasteiger partial charge in [0.25, 0.3) is 5.91 Å². The van der Waals surface area contributed by atoms with Crippen LogP contribution in [0, 0.1) is 0 Å². The van der Waals surface area contributed by atoms with Crippen molar-refractivity contribution < 1.29 is 28.3 Å². The molecule has 0 saturated carbocycles. The van der Waals surface area contributed by atoms with Gasteiger partial charge in [0.05, 0.1) is 12.6 Å². The minimum absolute atomic E-state index is 0.126. The first-order chi connectivity index (χ1) is 17.5. The van der Waals surface area contributed by atoms with Gasteiger partial charge in [0.2, 0.25) is 0 Å². The maximum Gasteiger partial charge on any atom is 0.255 e. The number of nitrogens with zero attached hydrogens (tertiary/aromatic N) is 1. The maximum absolute atomic E-state index is 13.0. The number of ketones is 1. The number of benzene rings is 2. The summed E-state index contributed by atoms with van der Waals surface area (Å²) < 4.78 is 17.6. The van der Waals surface area contributed by atoms with Crippen molar-refractivity contribution >= 4 is 35.7 Å². The first kappa shape index (κ1) is 24.3. The lowest BCUT2D eigenvalue weighted by Gasteiger charge is -2.25. The van der Waals surface area contributed by atoms with Gasteiger partial charge in [-0.15, -0.1) is 0 Å². The standard InChI is InChI=1S/C28H30BNO6/c1-19(32)25(5-3-11-31)30-17-24-23(28(30)33)4-2-6-27(24)35-18-22-15-21-14-20(7-8-26(21)36-22)16-29-9-12-34-13-10-29/h2,4,6-8,11,14-15,25H,3,5,9-10,12-13,16-18H2,1H3. The Hall–Kier alpha value is -3.39. The lowest BCUT2D eigenvalue weighted by Crippen LogP contribution is -2.40. The molecule has 0 spiro atoms. The second kappa shape index (κ2) is 10.7. The fourth-order valence-corrected chi connectivity index (χ4v) is 5.30. The summed E-state index contributed by atoms with van der Waals surface area (Å²) in [5.41, 5.74) is 3.42. The van der Waals surface area contributed by atoms with Crippen molar-refractivity contribution in [2.24, 2.45) is 0 Å². The summed E-state index contributed by atoms with van der Waals surface area (Å²) in [6.07, 6.45) is 4.59. The molecule has 0 N–H and O–H groups in total. The molecule has 186 valence electrons. The van der Waals surface area contributed by atoms with Crippen LogP contribution in [0.25, 0.3) is 11.0 Å². The van der Waals surface area contributed by atoms with Crippen molar-refractivity contribution in [2.75, 3.05) is 13.2 Å². The van der Waals surface area contributed by atoms with E-state index in [1.807, 2.05) is 18.2 Å². The molecule has 3 heterocycles. The largest absolute Gasteiger partial charge is 0.485 e. The number of aldehydes is 1. The van der Waals surface area contributed by atoms with Gasteiger partial charge in [-0.25, -0.2) is 0 Å². The van der Waals surface area contributed by atoms with E-state index >= 15 is 0 Å². The molecule has 0 bridgehead atoms. The van der Waals surface area contributed by atoms with Crippen LogP contribution in [-0.4, -0.2) is 48.8 Å². The summed E-state index contributed by atoms with van der Waals surface area (Å²) in [7, 11) is 0. The van der Waals surface area contributed by atoms with Gasteiger partial charge in [0.1, 0.15) is 36.7 Å². The van der Waals surface area contributed by atoms with Gasteiger partial charge in [-0.1, -0.05) is 30.3 Å². The van der Waals surface area contributed by atoms with E-state index in [-0.39, 0.29) is 31.3 Å². The quantitative estimate of drug-likeness (QED) is 0.309. The van der Waals surface area contributed by atoms with Crippen LogP contribution in [0.3, 0.4) is 0 Å². The molecule has 1 fully saturated rings. The Kier molecular flexibility index (Phi) is 7.23. The van der Waals surface area contributed by atoms with Crippen molar-refractivity contribution in [3.8, 4) is 5.75 Å².